The van der Waals surface area contributed by atoms with Crippen LogP contribution in [-0.4, -0.2) is 25.7 Å². The maximum Gasteiger partial charge on any atom is 0.337 e. The summed E-state index contributed by atoms with van der Waals surface area (Å²) >= 11 is 12.5. The van der Waals surface area contributed by atoms with Crippen molar-refractivity contribution in [2.45, 2.75) is 26.3 Å². The quantitative estimate of drug-likeness (QED) is 0.774. The number of halogens is 2. The van der Waals surface area contributed by atoms with E-state index in [2.05, 4.69) is 10.6 Å². The van der Waals surface area contributed by atoms with Crippen LogP contribution in [0.15, 0.2) is 23.4 Å². The molecule has 1 atom stereocenters. The van der Waals surface area contributed by atoms with E-state index in [1.54, 1.807) is 12.1 Å². The van der Waals surface area contributed by atoms with Crippen LogP contribution in [0.5, 0.6) is 5.75 Å². The van der Waals surface area contributed by atoms with Crippen LogP contribution in [0.2, 0.25) is 10.0 Å². The summed E-state index contributed by atoms with van der Waals surface area (Å²) in [4.78, 5) is 24.1. The van der Waals surface area contributed by atoms with Gasteiger partial charge in [-0.1, -0.05) is 30.1 Å². The predicted molar refractivity (Wildman–Crippen MR) is 91.4 cm³/mol. The third-order valence-corrected chi connectivity index (χ3v) is 4.12. The van der Waals surface area contributed by atoms with Gasteiger partial charge >= 0.3 is 12.0 Å². The average Bonchev–Trinajstić information content (AvgIpc) is 2.56. The lowest BCUT2D eigenvalue weighted by Gasteiger charge is -2.29. The van der Waals surface area contributed by atoms with E-state index in [0.717, 1.165) is 0 Å². The number of carbonyl (C=O) groups is 2. The molecule has 0 saturated carbocycles. The van der Waals surface area contributed by atoms with Crippen molar-refractivity contribution >= 4 is 35.2 Å². The Kier molecular flexibility index (Phi) is 5.96. The summed E-state index contributed by atoms with van der Waals surface area (Å²) in [7, 11) is 1.29. The molecule has 130 valence electrons. The smallest absolute Gasteiger partial charge is 0.337 e. The van der Waals surface area contributed by atoms with Crippen molar-refractivity contribution in [1.82, 2.24) is 10.6 Å². The summed E-state index contributed by atoms with van der Waals surface area (Å²) in [5.74, 6) is -0.172. The van der Waals surface area contributed by atoms with Crippen molar-refractivity contribution in [3.63, 3.8) is 0 Å². The fourth-order valence-electron chi connectivity index (χ4n) is 2.53. The zero-order chi connectivity index (χ0) is 17.9. The third kappa shape index (κ3) is 3.60. The van der Waals surface area contributed by atoms with Gasteiger partial charge in [0.25, 0.3) is 0 Å². The van der Waals surface area contributed by atoms with Gasteiger partial charge in [-0.15, -0.1) is 0 Å². The number of ether oxygens (including phenoxy) is 2. The molecule has 0 saturated heterocycles. The van der Waals surface area contributed by atoms with Crippen LogP contribution in [0.4, 0.5) is 4.79 Å². The fraction of sp³-hybridized carbons (Fsp3) is 0.375. The van der Waals surface area contributed by atoms with Crippen LogP contribution in [0.3, 0.4) is 0 Å². The molecular weight excluding hydrogens is 355 g/mol. The van der Waals surface area contributed by atoms with Crippen LogP contribution in [0, 0.1) is 0 Å². The van der Waals surface area contributed by atoms with Crippen molar-refractivity contribution < 1.29 is 19.1 Å². The molecule has 2 N–H and O–H groups in total. The van der Waals surface area contributed by atoms with Crippen molar-refractivity contribution in [3.8, 4) is 5.75 Å². The first-order valence-corrected chi connectivity index (χ1v) is 8.19. The first-order chi connectivity index (χ1) is 11.4. The van der Waals surface area contributed by atoms with Gasteiger partial charge in [-0.05, 0) is 31.0 Å². The van der Waals surface area contributed by atoms with Crippen molar-refractivity contribution in [3.05, 3.63) is 39.0 Å². The van der Waals surface area contributed by atoms with E-state index < -0.39 is 18.0 Å². The number of hydrogen-bond donors (Lipinski definition) is 2. The highest BCUT2D eigenvalue weighted by molar-refractivity contribution is 6.37. The van der Waals surface area contributed by atoms with Crippen molar-refractivity contribution in [2.24, 2.45) is 0 Å². The Balaban J connectivity index is 2.55. The Bertz CT molecular complexity index is 680. The largest absolute Gasteiger partial charge is 0.491 e. The highest BCUT2D eigenvalue weighted by Gasteiger charge is 2.33. The van der Waals surface area contributed by atoms with Gasteiger partial charge in [-0.25, -0.2) is 9.59 Å². The molecule has 1 unspecified atom stereocenters. The average molecular weight is 373 g/mol. The SMILES string of the molecule is CCOc1c(Cl)cc(C2NC(=O)NC(CC)=C2C(=O)OC)cc1Cl. The molecule has 0 spiro atoms. The summed E-state index contributed by atoms with van der Waals surface area (Å²) in [5, 5.41) is 5.93. The molecule has 8 heteroatoms. The summed E-state index contributed by atoms with van der Waals surface area (Å²) in [5.41, 5.74) is 1.38. The zero-order valence-electron chi connectivity index (χ0n) is 13.5. The van der Waals surface area contributed by atoms with Crippen molar-refractivity contribution in [2.75, 3.05) is 13.7 Å². The number of esters is 1. The molecule has 1 aromatic rings. The fourth-order valence-corrected chi connectivity index (χ4v) is 3.14. The third-order valence-electron chi connectivity index (χ3n) is 3.56. The van der Waals surface area contributed by atoms with E-state index in [1.807, 2.05) is 13.8 Å². The summed E-state index contributed by atoms with van der Waals surface area (Å²) in [6, 6.07) is 2.10. The molecule has 0 aromatic heterocycles. The molecule has 6 nitrogen and oxygen atoms in total. The molecule has 1 aliphatic heterocycles. The molecule has 0 fully saturated rings. The highest BCUT2D eigenvalue weighted by Crippen LogP contribution is 2.38. The summed E-state index contributed by atoms with van der Waals surface area (Å²) < 4.78 is 10.3. The van der Waals surface area contributed by atoms with Gasteiger partial charge in [-0.2, -0.15) is 0 Å². The number of carbonyl (C=O) groups excluding carboxylic acids is 2. The lowest BCUT2D eigenvalue weighted by molar-refractivity contribution is -0.136. The molecule has 1 aliphatic rings. The number of amides is 2. The Hall–Kier alpha value is -1.92. The standard InChI is InChI=1S/C16H18Cl2N2O4/c1-4-11-12(15(21)23-3)13(20-16(22)19-11)8-6-9(17)14(24-5-2)10(18)7-8/h6-7,13H,4-5H2,1-3H3,(H2,19,20,22). The number of rotatable bonds is 5. The van der Waals surface area contributed by atoms with E-state index in [4.69, 9.17) is 32.7 Å². The van der Waals surface area contributed by atoms with Gasteiger partial charge in [0.2, 0.25) is 0 Å². The summed E-state index contributed by atoms with van der Waals surface area (Å²) in [6.07, 6.45) is 0.465. The molecule has 24 heavy (non-hydrogen) atoms. The van der Waals surface area contributed by atoms with Gasteiger partial charge in [0.15, 0.2) is 5.75 Å². The number of allylic oxidation sites excluding steroid dienone is 1. The van der Waals surface area contributed by atoms with E-state index in [0.29, 0.717) is 45.7 Å². The topological polar surface area (TPSA) is 76.7 Å². The van der Waals surface area contributed by atoms with Gasteiger partial charge in [0, 0.05) is 5.70 Å². The lowest BCUT2D eigenvalue weighted by atomic mass is 9.94. The van der Waals surface area contributed by atoms with E-state index in [-0.39, 0.29) is 0 Å². The Morgan fingerprint density at radius 3 is 2.38 bits per heavy atom. The molecule has 2 rings (SSSR count). The molecule has 1 aromatic carbocycles. The van der Waals surface area contributed by atoms with E-state index in [1.165, 1.54) is 7.11 Å². The first-order valence-electron chi connectivity index (χ1n) is 7.43. The van der Waals surface area contributed by atoms with Crippen LogP contribution in [-0.2, 0) is 9.53 Å². The zero-order valence-corrected chi connectivity index (χ0v) is 15.0. The maximum absolute atomic E-state index is 12.2. The highest BCUT2D eigenvalue weighted by atomic mass is 35.5. The minimum atomic E-state index is -0.716. The number of benzene rings is 1. The van der Waals surface area contributed by atoms with E-state index >= 15 is 0 Å². The minimum absolute atomic E-state index is 0.300. The lowest BCUT2D eigenvalue weighted by Crippen LogP contribution is -2.45. The second-order valence-electron chi connectivity index (χ2n) is 5.02. The second-order valence-corrected chi connectivity index (χ2v) is 5.83. The van der Waals surface area contributed by atoms with Crippen LogP contribution < -0.4 is 15.4 Å². The van der Waals surface area contributed by atoms with Gasteiger partial charge < -0.3 is 20.1 Å². The Morgan fingerprint density at radius 1 is 1.25 bits per heavy atom. The second kappa shape index (κ2) is 7.77. The monoisotopic (exact) mass is 372 g/mol. The van der Waals surface area contributed by atoms with Gasteiger partial charge in [0.1, 0.15) is 0 Å². The first kappa shape index (κ1) is 18.4. The van der Waals surface area contributed by atoms with Gasteiger partial charge in [0.05, 0.1) is 35.4 Å². The maximum atomic E-state index is 12.2. The number of methoxy groups -OCH3 is 1. The van der Waals surface area contributed by atoms with Gasteiger partial charge in [-0.3, -0.25) is 0 Å². The number of hydrogen-bond acceptors (Lipinski definition) is 4. The molecule has 1 heterocycles. The molecular formula is C16H18Cl2N2O4. The van der Waals surface area contributed by atoms with Crippen LogP contribution in [0.25, 0.3) is 0 Å². The summed E-state index contributed by atoms with van der Waals surface area (Å²) in [6.45, 7) is 4.06. The Labute approximate surface area is 150 Å². The molecule has 0 radical (unpaired) electrons. The number of nitrogens with one attached hydrogen (secondary N) is 2. The Morgan fingerprint density at radius 2 is 1.88 bits per heavy atom. The normalized spacial score (nSPS) is 17.2. The van der Waals surface area contributed by atoms with E-state index in [9.17, 15) is 9.59 Å². The number of urea groups is 1. The van der Waals surface area contributed by atoms with Crippen molar-refractivity contribution in [1.29, 1.82) is 0 Å². The predicted octanol–water partition coefficient (Wildman–Crippen LogP) is 3.58. The molecule has 2 amide bonds. The minimum Gasteiger partial charge on any atom is -0.491 e. The molecule has 0 aliphatic carbocycles. The molecule has 0 bridgehead atoms. The van der Waals surface area contributed by atoms with Crippen LogP contribution in [0.1, 0.15) is 31.9 Å². The van der Waals surface area contributed by atoms with Crippen LogP contribution >= 0.6 is 23.2 Å².